The van der Waals surface area contributed by atoms with E-state index in [2.05, 4.69) is 21.2 Å². The van der Waals surface area contributed by atoms with Crippen molar-refractivity contribution in [2.45, 2.75) is 20.5 Å². The molecule has 0 aliphatic rings. The molecule has 1 amide bonds. The zero-order valence-electron chi connectivity index (χ0n) is 18.3. The summed E-state index contributed by atoms with van der Waals surface area (Å²) < 4.78 is 12.3. The highest BCUT2D eigenvalue weighted by Crippen LogP contribution is 2.38. The smallest absolute Gasteiger partial charge is 0.352 e. The van der Waals surface area contributed by atoms with Gasteiger partial charge in [0.05, 0.1) is 11.1 Å². The van der Waals surface area contributed by atoms with Crippen molar-refractivity contribution in [1.29, 1.82) is 0 Å². The van der Waals surface area contributed by atoms with Crippen LogP contribution in [0.25, 0.3) is 6.08 Å². The Balaban J connectivity index is 1.86. The number of amides is 1. The van der Waals surface area contributed by atoms with E-state index in [1.165, 1.54) is 11.6 Å². The number of rotatable bonds is 9. The molecular formula is C26H24BrNO5. The van der Waals surface area contributed by atoms with Gasteiger partial charge in [-0.25, -0.2) is 4.79 Å². The highest BCUT2D eigenvalue weighted by molar-refractivity contribution is 9.10. The van der Waals surface area contributed by atoms with E-state index in [1.54, 1.807) is 42.5 Å². The molecule has 0 unspecified atom stereocenters. The van der Waals surface area contributed by atoms with Crippen molar-refractivity contribution in [3.63, 3.8) is 0 Å². The minimum Gasteiger partial charge on any atom is -0.490 e. The van der Waals surface area contributed by atoms with Crippen molar-refractivity contribution in [3.05, 3.63) is 99.2 Å². The van der Waals surface area contributed by atoms with Gasteiger partial charge in [-0.2, -0.15) is 0 Å². The van der Waals surface area contributed by atoms with Crippen molar-refractivity contribution in [2.75, 3.05) is 6.61 Å². The van der Waals surface area contributed by atoms with E-state index in [0.29, 0.717) is 40.3 Å². The van der Waals surface area contributed by atoms with Gasteiger partial charge in [0, 0.05) is 5.56 Å². The van der Waals surface area contributed by atoms with Crippen molar-refractivity contribution in [1.82, 2.24) is 5.32 Å². The number of carboxylic acids is 1. The fourth-order valence-electron chi connectivity index (χ4n) is 3.02. The van der Waals surface area contributed by atoms with Gasteiger partial charge in [0.25, 0.3) is 5.91 Å². The van der Waals surface area contributed by atoms with E-state index in [0.717, 1.165) is 5.56 Å². The Bertz CT molecular complexity index is 1160. The fraction of sp³-hybridized carbons (Fsp3) is 0.154. The quantitative estimate of drug-likeness (QED) is 0.367. The number of aryl methyl sites for hydroxylation is 1. The van der Waals surface area contributed by atoms with Gasteiger partial charge in [0.15, 0.2) is 11.5 Å². The van der Waals surface area contributed by atoms with Gasteiger partial charge in [-0.05, 0) is 71.2 Å². The van der Waals surface area contributed by atoms with Crippen molar-refractivity contribution in [2.24, 2.45) is 0 Å². The number of hydrogen-bond donors (Lipinski definition) is 2. The maximum Gasteiger partial charge on any atom is 0.352 e. The number of halogens is 1. The summed E-state index contributed by atoms with van der Waals surface area (Å²) >= 11 is 3.50. The van der Waals surface area contributed by atoms with Gasteiger partial charge in [-0.3, -0.25) is 4.79 Å². The average molecular weight is 510 g/mol. The Hall–Kier alpha value is -3.58. The third-order valence-corrected chi connectivity index (χ3v) is 5.25. The average Bonchev–Trinajstić information content (AvgIpc) is 2.80. The van der Waals surface area contributed by atoms with Crippen LogP contribution >= 0.6 is 15.9 Å². The summed E-state index contributed by atoms with van der Waals surface area (Å²) in [6.07, 6.45) is 1.38. The highest BCUT2D eigenvalue weighted by atomic mass is 79.9. The molecule has 0 heterocycles. The van der Waals surface area contributed by atoms with Gasteiger partial charge in [0.2, 0.25) is 0 Å². The number of benzene rings is 3. The number of ether oxygens (including phenoxy) is 2. The third-order valence-electron chi connectivity index (χ3n) is 4.66. The summed E-state index contributed by atoms with van der Waals surface area (Å²) in [5, 5.41) is 12.1. The molecule has 3 rings (SSSR count). The molecule has 0 bridgehead atoms. The number of carboxylic acid groups (broad SMARTS) is 1. The minimum absolute atomic E-state index is 0.258. The normalized spacial score (nSPS) is 11.1. The van der Waals surface area contributed by atoms with Crippen LogP contribution in [0.2, 0.25) is 0 Å². The van der Waals surface area contributed by atoms with Crippen LogP contribution in [0.5, 0.6) is 11.5 Å². The lowest BCUT2D eigenvalue weighted by Crippen LogP contribution is -2.27. The predicted octanol–water partition coefficient (Wildman–Crippen LogP) is 5.59. The molecule has 0 saturated heterocycles. The molecule has 0 aliphatic carbocycles. The molecule has 0 fully saturated rings. The van der Waals surface area contributed by atoms with Crippen molar-refractivity contribution >= 4 is 33.9 Å². The fourth-order valence-corrected chi connectivity index (χ4v) is 3.59. The topological polar surface area (TPSA) is 84.9 Å². The first-order valence-electron chi connectivity index (χ1n) is 10.3. The van der Waals surface area contributed by atoms with E-state index in [9.17, 15) is 14.7 Å². The predicted molar refractivity (Wildman–Crippen MR) is 130 cm³/mol. The second-order valence-electron chi connectivity index (χ2n) is 7.22. The van der Waals surface area contributed by atoms with Gasteiger partial charge < -0.3 is 19.9 Å². The van der Waals surface area contributed by atoms with Gasteiger partial charge in [-0.15, -0.1) is 0 Å². The van der Waals surface area contributed by atoms with Crippen LogP contribution < -0.4 is 14.8 Å². The number of aliphatic carboxylic acids is 1. The van der Waals surface area contributed by atoms with Crippen LogP contribution in [-0.4, -0.2) is 23.6 Å². The molecule has 33 heavy (non-hydrogen) atoms. The maximum absolute atomic E-state index is 12.4. The maximum atomic E-state index is 12.4. The van der Waals surface area contributed by atoms with Gasteiger partial charge in [0.1, 0.15) is 12.3 Å². The number of hydrogen-bond acceptors (Lipinski definition) is 4. The van der Waals surface area contributed by atoms with Crippen LogP contribution in [0, 0.1) is 6.92 Å². The summed E-state index contributed by atoms with van der Waals surface area (Å²) in [5.41, 5.74) is 2.81. The number of carbonyl (C=O) groups excluding carboxylic acids is 1. The molecule has 7 heteroatoms. The first-order chi connectivity index (χ1) is 15.9. The lowest BCUT2D eigenvalue weighted by atomic mass is 10.1. The number of carbonyl (C=O) groups is 2. The Labute approximate surface area is 201 Å². The molecule has 0 aromatic heterocycles. The molecule has 0 atom stereocenters. The Morgan fingerprint density at radius 3 is 2.36 bits per heavy atom. The first-order valence-corrected chi connectivity index (χ1v) is 11.1. The van der Waals surface area contributed by atoms with E-state index in [1.807, 2.05) is 38.1 Å². The second kappa shape index (κ2) is 11.3. The molecule has 0 spiro atoms. The molecule has 3 aromatic carbocycles. The van der Waals surface area contributed by atoms with Crippen LogP contribution in [-0.2, 0) is 11.4 Å². The molecule has 0 saturated carbocycles. The Morgan fingerprint density at radius 2 is 1.73 bits per heavy atom. The second-order valence-corrected chi connectivity index (χ2v) is 8.07. The summed E-state index contributed by atoms with van der Waals surface area (Å²) in [6, 6.07) is 19.8. The SMILES string of the molecule is CCOc1cc(C=C(NC(=O)c2ccccc2)C(=O)O)cc(Br)c1OCc1ccc(C)cc1. The zero-order chi connectivity index (χ0) is 23.8. The third kappa shape index (κ3) is 6.70. The van der Waals surface area contributed by atoms with E-state index < -0.39 is 11.9 Å². The lowest BCUT2D eigenvalue weighted by Gasteiger charge is -2.15. The lowest BCUT2D eigenvalue weighted by molar-refractivity contribution is -0.132. The first kappa shape index (κ1) is 24.1. The van der Waals surface area contributed by atoms with Crippen molar-refractivity contribution < 1.29 is 24.2 Å². The van der Waals surface area contributed by atoms with E-state index >= 15 is 0 Å². The summed E-state index contributed by atoms with van der Waals surface area (Å²) in [6.45, 7) is 4.62. The summed E-state index contributed by atoms with van der Waals surface area (Å²) in [7, 11) is 0. The van der Waals surface area contributed by atoms with Crippen LogP contribution in [0.4, 0.5) is 0 Å². The van der Waals surface area contributed by atoms with Crippen LogP contribution in [0.15, 0.2) is 76.9 Å². The Morgan fingerprint density at radius 1 is 1.03 bits per heavy atom. The monoisotopic (exact) mass is 509 g/mol. The van der Waals surface area contributed by atoms with Gasteiger partial charge in [-0.1, -0.05) is 48.0 Å². The largest absolute Gasteiger partial charge is 0.490 e. The van der Waals surface area contributed by atoms with Crippen molar-refractivity contribution in [3.8, 4) is 11.5 Å². The summed E-state index contributed by atoms with van der Waals surface area (Å²) in [4.78, 5) is 24.2. The number of nitrogens with one attached hydrogen (secondary N) is 1. The molecule has 2 N–H and O–H groups in total. The molecule has 0 aliphatic heterocycles. The minimum atomic E-state index is -1.26. The molecule has 3 aromatic rings. The summed E-state index contributed by atoms with van der Waals surface area (Å²) in [5.74, 6) is -0.788. The molecule has 6 nitrogen and oxygen atoms in total. The van der Waals surface area contributed by atoms with E-state index in [4.69, 9.17) is 9.47 Å². The molecule has 170 valence electrons. The van der Waals surface area contributed by atoms with Crippen LogP contribution in [0.1, 0.15) is 34.0 Å². The highest BCUT2D eigenvalue weighted by Gasteiger charge is 2.16. The van der Waals surface area contributed by atoms with E-state index in [-0.39, 0.29) is 5.70 Å². The standard InChI is InChI=1S/C26H24BrNO5/c1-3-32-23-15-19(13-21(27)24(23)33-16-18-11-9-17(2)10-12-18)14-22(26(30)31)28-25(29)20-7-5-4-6-8-20/h4-15H,3,16H2,1-2H3,(H,28,29)(H,30,31). The zero-order valence-corrected chi connectivity index (χ0v) is 19.9. The molecular weight excluding hydrogens is 486 g/mol. The van der Waals surface area contributed by atoms with Crippen LogP contribution in [0.3, 0.4) is 0 Å². The molecule has 0 radical (unpaired) electrons. The Kier molecular flexibility index (Phi) is 8.27. The van der Waals surface area contributed by atoms with Gasteiger partial charge >= 0.3 is 5.97 Å².